The molecule has 0 saturated carbocycles. The molecule has 1 aromatic heterocycles. The van der Waals surface area contributed by atoms with Gasteiger partial charge in [-0.2, -0.15) is 0 Å². The Morgan fingerprint density at radius 2 is 1.83 bits per heavy atom. The summed E-state index contributed by atoms with van der Waals surface area (Å²) in [6.45, 7) is 7.30. The van der Waals surface area contributed by atoms with E-state index in [0.717, 1.165) is 38.5 Å². The largest absolute Gasteiger partial charge is 0.369 e. The predicted octanol–water partition coefficient (Wildman–Crippen LogP) is 1.81. The maximum atomic E-state index is 4.47. The average molecular weight is 313 g/mol. The molecule has 1 aromatic carbocycles. The van der Waals surface area contributed by atoms with E-state index in [0.29, 0.717) is 6.04 Å². The van der Waals surface area contributed by atoms with Crippen molar-refractivity contribution in [2.24, 2.45) is 7.05 Å². The van der Waals surface area contributed by atoms with Crippen molar-refractivity contribution in [3.63, 3.8) is 0 Å². The Bertz CT molecular complexity index is 614. The second kappa shape index (κ2) is 7.15. The van der Waals surface area contributed by atoms with Crippen molar-refractivity contribution >= 4 is 5.69 Å². The standard InChI is InChI=1S/C18H27N5/c1-15-20-14-17(21(15)3)18(13-19-2)23-11-9-22(10-12-23)16-7-5-4-6-8-16/h4-8,14,18-19H,9-13H2,1-3H3. The Labute approximate surface area is 138 Å². The van der Waals surface area contributed by atoms with Gasteiger partial charge < -0.3 is 14.8 Å². The number of anilines is 1. The van der Waals surface area contributed by atoms with Gasteiger partial charge in [-0.15, -0.1) is 0 Å². The molecule has 1 N–H and O–H groups in total. The number of hydrogen-bond donors (Lipinski definition) is 1. The van der Waals surface area contributed by atoms with Gasteiger partial charge >= 0.3 is 0 Å². The molecule has 0 spiro atoms. The Hall–Kier alpha value is -1.85. The molecule has 5 nitrogen and oxygen atoms in total. The number of rotatable bonds is 5. The van der Waals surface area contributed by atoms with Crippen LogP contribution in [-0.4, -0.2) is 54.2 Å². The average Bonchev–Trinajstić information content (AvgIpc) is 2.93. The highest BCUT2D eigenvalue weighted by Crippen LogP contribution is 2.24. The molecule has 23 heavy (non-hydrogen) atoms. The van der Waals surface area contributed by atoms with Gasteiger partial charge in [-0.3, -0.25) is 4.90 Å². The van der Waals surface area contributed by atoms with Crippen LogP contribution in [0.5, 0.6) is 0 Å². The Morgan fingerprint density at radius 1 is 1.13 bits per heavy atom. The van der Waals surface area contributed by atoms with Crippen LogP contribution in [-0.2, 0) is 7.05 Å². The fourth-order valence-electron chi connectivity index (χ4n) is 3.37. The van der Waals surface area contributed by atoms with Crippen LogP contribution in [0.4, 0.5) is 5.69 Å². The van der Waals surface area contributed by atoms with Crippen LogP contribution in [0.15, 0.2) is 36.5 Å². The second-order valence-corrected chi connectivity index (χ2v) is 6.22. The zero-order valence-electron chi connectivity index (χ0n) is 14.4. The zero-order chi connectivity index (χ0) is 16.2. The zero-order valence-corrected chi connectivity index (χ0v) is 14.4. The molecule has 0 bridgehead atoms. The van der Waals surface area contributed by atoms with E-state index in [4.69, 9.17) is 0 Å². The van der Waals surface area contributed by atoms with Crippen LogP contribution < -0.4 is 10.2 Å². The molecular weight excluding hydrogens is 286 g/mol. The quantitative estimate of drug-likeness (QED) is 0.913. The van der Waals surface area contributed by atoms with E-state index in [2.05, 4.69) is 69.0 Å². The molecule has 1 aliphatic heterocycles. The molecule has 124 valence electrons. The molecule has 3 rings (SSSR count). The fourth-order valence-corrected chi connectivity index (χ4v) is 3.37. The number of likely N-dealkylation sites (N-methyl/N-ethyl adjacent to an activating group) is 1. The van der Waals surface area contributed by atoms with E-state index in [9.17, 15) is 0 Å². The molecule has 1 aliphatic rings. The molecule has 2 heterocycles. The Balaban J connectivity index is 1.70. The van der Waals surface area contributed by atoms with E-state index in [1.54, 1.807) is 0 Å². The van der Waals surface area contributed by atoms with Crippen LogP contribution in [0.2, 0.25) is 0 Å². The fraction of sp³-hybridized carbons (Fsp3) is 0.500. The van der Waals surface area contributed by atoms with Crippen molar-refractivity contribution in [2.45, 2.75) is 13.0 Å². The minimum absolute atomic E-state index is 0.379. The van der Waals surface area contributed by atoms with Gasteiger partial charge in [-0.25, -0.2) is 4.98 Å². The highest BCUT2D eigenvalue weighted by molar-refractivity contribution is 5.46. The third-order valence-corrected chi connectivity index (χ3v) is 4.87. The van der Waals surface area contributed by atoms with Gasteiger partial charge in [0.15, 0.2) is 0 Å². The molecule has 2 aromatic rings. The van der Waals surface area contributed by atoms with E-state index in [-0.39, 0.29) is 0 Å². The van der Waals surface area contributed by atoms with Gasteiger partial charge in [-0.05, 0) is 26.1 Å². The lowest BCUT2D eigenvalue weighted by Crippen LogP contribution is -2.49. The second-order valence-electron chi connectivity index (χ2n) is 6.22. The van der Waals surface area contributed by atoms with Crippen molar-refractivity contribution in [1.82, 2.24) is 19.8 Å². The first-order valence-electron chi connectivity index (χ1n) is 8.37. The van der Waals surface area contributed by atoms with Crippen molar-refractivity contribution in [2.75, 3.05) is 44.7 Å². The topological polar surface area (TPSA) is 36.3 Å². The highest BCUT2D eigenvalue weighted by atomic mass is 15.3. The van der Waals surface area contributed by atoms with Gasteiger partial charge in [0.2, 0.25) is 0 Å². The summed E-state index contributed by atoms with van der Waals surface area (Å²) in [4.78, 5) is 9.52. The number of benzene rings is 1. The lowest BCUT2D eigenvalue weighted by molar-refractivity contribution is 0.178. The number of para-hydroxylation sites is 1. The van der Waals surface area contributed by atoms with Crippen LogP contribution in [0.1, 0.15) is 17.6 Å². The third kappa shape index (κ3) is 3.41. The van der Waals surface area contributed by atoms with E-state index < -0.39 is 0 Å². The van der Waals surface area contributed by atoms with Crippen LogP contribution in [0.3, 0.4) is 0 Å². The minimum Gasteiger partial charge on any atom is -0.369 e. The molecule has 0 amide bonds. The van der Waals surface area contributed by atoms with Crippen molar-refractivity contribution in [1.29, 1.82) is 0 Å². The van der Waals surface area contributed by atoms with E-state index in [1.165, 1.54) is 11.4 Å². The summed E-state index contributed by atoms with van der Waals surface area (Å²) in [5, 5.41) is 3.35. The van der Waals surface area contributed by atoms with Crippen LogP contribution in [0.25, 0.3) is 0 Å². The molecule has 1 fully saturated rings. The summed E-state index contributed by atoms with van der Waals surface area (Å²) >= 11 is 0. The SMILES string of the molecule is CNCC(c1cnc(C)n1C)N1CCN(c2ccccc2)CC1. The summed E-state index contributed by atoms with van der Waals surface area (Å²) in [6.07, 6.45) is 2.03. The molecule has 5 heteroatoms. The summed E-state index contributed by atoms with van der Waals surface area (Å²) in [7, 11) is 4.14. The van der Waals surface area contributed by atoms with E-state index >= 15 is 0 Å². The first-order chi connectivity index (χ1) is 11.2. The number of nitrogens with one attached hydrogen (secondary N) is 1. The van der Waals surface area contributed by atoms with E-state index in [1.807, 2.05) is 13.2 Å². The number of nitrogens with zero attached hydrogens (tertiary/aromatic N) is 4. The maximum absolute atomic E-state index is 4.47. The molecule has 0 radical (unpaired) electrons. The number of hydrogen-bond acceptors (Lipinski definition) is 4. The Morgan fingerprint density at radius 3 is 2.39 bits per heavy atom. The van der Waals surface area contributed by atoms with Crippen LogP contribution >= 0.6 is 0 Å². The summed E-state index contributed by atoms with van der Waals surface area (Å²) in [5.41, 5.74) is 2.62. The molecule has 1 unspecified atom stereocenters. The monoisotopic (exact) mass is 313 g/mol. The number of aryl methyl sites for hydroxylation is 1. The first kappa shape index (κ1) is 16.0. The van der Waals surface area contributed by atoms with Gasteiger partial charge in [0.25, 0.3) is 0 Å². The molecule has 1 atom stereocenters. The third-order valence-electron chi connectivity index (χ3n) is 4.87. The van der Waals surface area contributed by atoms with Gasteiger partial charge in [0.1, 0.15) is 5.82 Å². The lowest BCUT2D eigenvalue weighted by Gasteiger charge is -2.40. The Kier molecular flexibility index (Phi) is 4.98. The van der Waals surface area contributed by atoms with Crippen molar-refractivity contribution < 1.29 is 0 Å². The normalized spacial score (nSPS) is 17.4. The van der Waals surface area contributed by atoms with Crippen molar-refractivity contribution in [3.8, 4) is 0 Å². The maximum Gasteiger partial charge on any atom is 0.105 e. The molecule has 0 aliphatic carbocycles. The van der Waals surface area contributed by atoms with Crippen LogP contribution in [0, 0.1) is 6.92 Å². The molecular formula is C18H27N5. The minimum atomic E-state index is 0.379. The summed E-state index contributed by atoms with van der Waals surface area (Å²) in [6, 6.07) is 11.1. The predicted molar refractivity (Wildman–Crippen MR) is 94.8 cm³/mol. The van der Waals surface area contributed by atoms with Gasteiger partial charge in [-0.1, -0.05) is 18.2 Å². The highest BCUT2D eigenvalue weighted by Gasteiger charge is 2.26. The molecule has 1 saturated heterocycles. The van der Waals surface area contributed by atoms with Gasteiger partial charge in [0.05, 0.1) is 17.9 Å². The lowest BCUT2D eigenvalue weighted by atomic mass is 10.1. The van der Waals surface area contributed by atoms with Crippen molar-refractivity contribution in [3.05, 3.63) is 48.0 Å². The summed E-state index contributed by atoms with van der Waals surface area (Å²) < 4.78 is 2.21. The number of imidazole rings is 1. The van der Waals surface area contributed by atoms with Gasteiger partial charge in [0, 0.05) is 45.5 Å². The summed E-state index contributed by atoms with van der Waals surface area (Å²) in [5.74, 6) is 1.07. The number of piperazine rings is 1. The number of aromatic nitrogens is 2. The first-order valence-corrected chi connectivity index (χ1v) is 8.37. The smallest absolute Gasteiger partial charge is 0.105 e.